The van der Waals surface area contributed by atoms with Crippen LogP contribution in [-0.2, 0) is 11.3 Å². The van der Waals surface area contributed by atoms with Crippen LogP contribution in [0.25, 0.3) is 0 Å². The average molecular weight is 337 g/mol. The fourth-order valence-corrected chi connectivity index (χ4v) is 2.96. The molecular formula is C10H11Br2NO2. The minimum absolute atomic E-state index is 0.0186. The first kappa shape index (κ1) is 11.4. The van der Waals surface area contributed by atoms with Crippen molar-refractivity contribution in [1.29, 1.82) is 0 Å². The first-order valence-corrected chi connectivity index (χ1v) is 6.38. The zero-order chi connectivity index (χ0) is 10.8. The van der Waals surface area contributed by atoms with Crippen LogP contribution in [-0.4, -0.2) is 17.8 Å². The van der Waals surface area contributed by atoms with Gasteiger partial charge in [0.15, 0.2) is 0 Å². The molecule has 5 heteroatoms. The Labute approximate surface area is 105 Å². The van der Waals surface area contributed by atoms with Crippen molar-refractivity contribution >= 4 is 31.9 Å². The van der Waals surface area contributed by atoms with Crippen molar-refractivity contribution < 1.29 is 4.74 Å². The van der Waals surface area contributed by atoms with Crippen molar-refractivity contribution in [3.63, 3.8) is 0 Å². The molecule has 0 aromatic carbocycles. The molecule has 1 aliphatic heterocycles. The van der Waals surface area contributed by atoms with Gasteiger partial charge in [0, 0.05) is 29.7 Å². The van der Waals surface area contributed by atoms with Crippen molar-refractivity contribution in [3.05, 3.63) is 31.6 Å². The van der Waals surface area contributed by atoms with Crippen molar-refractivity contribution in [2.75, 3.05) is 13.2 Å². The fraction of sp³-hybridized carbons (Fsp3) is 0.500. The molecule has 1 saturated heterocycles. The van der Waals surface area contributed by atoms with Gasteiger partial charge in [-0.2, -0.15) is 0 Å². The first-order valence-electron chi connectivity index (χ1n) is 4.80. The Kier molecular flexibility index (Phi) is 3.64. The molecule has 1 aliphatic rings. The Morgan fingerprint density at radius 2 is 2.33 bits per heavy atom. The molecule has 0 saturated carbocycles. The number of hydrogen-bond acceptors (Lipinski definition) is 2. The molecule has 0 amide bonds. The average Bonchev–Trinajstić information content (AvgIpc) is 2.66. The van der Waals surface area contributed by atoms with Gasteiger partial charge in [0.2, 0.25) is 0 Å². The van der Waals surface area contributed by atoms with E-state index in [9.17, 15) is 4.79 Å². The van der Waals surface area contributed by atoms with Gasteiger partial charge in [0.1, 0.15) is 0 Å². The molecule has 0 aliphatic carbocycles. The van der Waals surface area contributed by atoms with Gasteiger partial charge in [-0.05, 0) is 44.3 Å². The third kappa shape index (κ3) is 2.71. The third-order valence-electron chi connectivity index (χ3n) is 2.49. The van der Waals surface area contributed by atoms with Gasteiger partial charge in [-0.25, -0.2) is 0 Å². The zero-order valence-electron chi connectivity index (χ0n) is 8.08. The second-order valence-electron chi connectivity index (χ2n) is 3.69. The molecule has 2 rings (SSSR count). The smallest absolute Gasteiger partial charge is 0.264 e. The summed E-state index contributed by atoms with van der Waals surface area (Å²) in [7, 11) is 0. The molecule has 82 valence electrons. The summed E-state index contributed by atoms with van der Waals surface area (Å²) < 4.78 is 8.52. The molecule has 1 unspecified atom stereocenters. The maximum absolute atomic E-state index is 11.8. The molecule has 1 fully saturated rings. The van der Waals surface area contributed by atoms with Crippen LogP contribution in [0, 0.1) is 5.92 Å². The minimum Gasteiger partial charge on any atom is -0.381 e. The molecule has 1 aromatic rings. The highest BCUT2D eigenvalue weighted by Crippen LogP contribution is 2.17. The maximum atomic E-state index is 11.8. The number of halogens is 2. The highest BCUT2D eigenvalue weighted by atomic mass is 79.9. The molecule has 0 spiro atoms. The largest absolute Gasteiger partial charge is 0.381 e. The summed E-state index contributed by atoms with van der Waals surface area (Å²) in [6.45, 7) is 2.31. The fourth-order valence-electron chi connectivity index (χ4n) is 1.71. The van der Waals surface area contributed by atoms with E-state index in [0.29, 0.717) is 10.4 Å². The summed E-state index contributed by atoms with van der Waals surface area (Å²) >= 11 is 6.63. The van der Waals surface area contributed by atoms with Crippen LogP contribution in [0.4, 0.5) is 0 Å². The van der Waals surface area contributed by atoms with E-state index in [1.807, 2.05) is 6.20 Å². The SMILES string of the molecule is O=c1c(Br)cc(Br)cn1CC1CCOC1. The Morgan fingerprint density at radius 1 is 1.53 bits per heavy atom. The lowest BCUT2D eigenvalue weighted by molar-refractivity contribution is 0.182. The second-order valence-corrected chi connectivity index (χ2v) is 5.46. The lowest BCUT2D eigenvalue weighted by Crippen LogP contribution is -2.24. The molecule has 0 radical (unpaired) electrons. The summed E-state index contributed by atoms with van der Waals surface area (Å²) in [4.78, 5) is 11.8. The number of rotatable bonds is 2. The van der Waals surface area contributed by atoms with Gasteiger partial charge in [-0.15, -0.1) is 0 Å². The summed E-state index contributed by atoms with van der Waals surface area (Å²) in [5.74, 6) is 0.462. The number of aromatic nitrogens is 1. The van der Waals surface area contributed by atoms with Gasteiger partial charge >= 0.3 is 0 Å². The van der Waals surface area contributed by atoms with E-state index in [-0.39, 0.29) is 5.56 Å². The summed E-state index contributed by atoms with van der Waals surface area (Å²) in [5, 5.41) is 0. The van der Waals surface area contributed by atoms with E-state index in [0.717, 1.165) is 30.7 Å². The molecule has 1 atom stereocenters. The first-order chi connectivity index (χ1) is 7.16. The Hall–Kier alpha value is -0.130. The van der Waals surface area contributed by atoms with Crippen LogP contribution in [0.5, 0.6) is 0 Å². The van der Waals surface area contributed by atoms with Crippen LogP contribution in [0.15, 0.2) is 26.0 Å². The lowest BCUT2D eigenvalue weighted by Gasteiger charge is -2.11. The molecule has 0 N–H and O–H groups in total. The summed E-state index contributed by atoms with van der Waals surface area (Å²) in [6.07, 6.45) is 2.86. The Bertz CT molecular complexity index is 410. The number of hydrogen-bond donors (Lipinski definition) is 0. The minimum atomic E-state index is 0.0186. The Morgan fingerprint density at radius 3 is 3.00 bits per heavy atom. The second kappa shape index (κ2) is 4.80. The third-order valence-corrected chi connectivity index (χ3v) is 3.49. The maximum Gasteiger partial charge on any atom is 0.264 e. The number of ether oxygens (including phenoxy) is 1. The molecule has 3 nitrogen and oxygen atoms in total. The van der Waals surface area contributed by atoms with E-state index >= 15 is 0 Å². The highest BCUT2D eigenvalue weighted by Gasteiger charge is 2.17. The van der Waals surface area contributed by atoms with Crippen molar-refractivity contribution in [2.45, 2.75) is 13.0 Å². The zero-order valence-corrected chi connectivity index (χ0v) is 11.3. The number of nitrogens with zero attached hydrogens (tertiary/aromatic N) is 1. The van der Waals surface area contributed by atoms with E-state index in [2.05, 4.69) is 31.9 Å². The monoisotopic (exact) mass is 335 g/mol. The topological polar surface area (TPSA) is 31.2 Å². The summed E-state index contributed by atoms with van der Waals surface area (Å²) in [5.41, 5.74) is 0.0186. The summed E-state index contributed by atoms with van der Waals surface area (Å²) in [6, 6.07) is 1.77. The van der Waals surface area contributed by atoms with Crippen molar-refractivity contribution in [1.82, 2.24) is 4.57 Å². The van der Waals surface area contributed by atoms with Crippen LogP contribution in [0.2, 0.25) is 0 Å². The molecule has 2 heterocycles. The van der Waals surface area contributed by atoms with Crippen LogP contribution in [0.3, 0.4) is 0 Å². The molecule has 0 bridgehead atoms. The van der Waals surface area contributed by atoms with E-state index in [4.69, 9.17) is 4.74 Å². The van der Waals surface area contributed by atoms with Crippen LogP contribution < -0.4 is 5.56 Å². The van der Waals surface area contributed by atoms with Gasteiger partial charge in [0.25, 0.3) is 5.56 Å². The van der Waals surface area contributed by atoms with Gasteiger partial charge in [-0.1, -0.05) is 0 Å². The van der Waals surface area contributed by atoms with Crippen LogP contribution >= 0.6 is 31.9 Å². The van der Waals surface area contributed by atoms with E-state index in [1.165, 1.54) is 0 Å². The normalized spacial score (nSPS) is 20.8. The molecular weight excluding hydrogens is 326 g/mol. The highest BCUT2D eigenvalue weighted by molar-refractivity contribution is 9.11. The molecule has 15 heavy (non-hydrogen) atoms. The quantitative estimate of drug-likeness (QED) is 0.830. The van der Waals surface area contributed by atoms with Crippen molar-refractivity contribution in [3.8, 4) is 0 Å². The number of pyridine rings is 1. The predicted molar refractivity (Wildman–Crippen MR) is 65.0 cm³/mol. The van der Waals surface area contributed by atoms with E-state index < -0.39 is 0 Å². The van der Waals surface area contributed by atoms with Gasteiger partial charge in [0.05, 0.1) is 11.1 Å². The standard InChI is InChI=1S/C10H11Br2NO2/c11-8-3-9(12)10(14)13(5-8)4-7-1-2-15-6-7/h3,5,7H,1-2,4,6H2. The van der Waals surface area contributed by atoms with Crippen molar-refractivity contribution in [2.24, 2.45) is 5.92 Å². The van der Waals surface area contributed by atoms with Crippen LogP contribution in [0.1, 0.15) is 6.42 Å². The predicted octanol–water partition coefficient (Wildman–Crippen LogP) is 2.41. The molecule has 1 aromatic heterocycles. The van der Waals surface area contributed by atoms with E-state index in [1.54, 1.807) is 10.6 Å². The van der Waals surface area contributed by atoms with Gasteiger partial charge in [-0.3, -0.25) is 4.79 Å². The van der Waals surface area contributed by atoms with Gasteiger partial charge < -0.3 is 9.30 Å². The lowest BCUT2D eigenvalue weighted by atomic mass is 10.1. The Balaban J connectivity index is 2.23.